The Bertz CT molecular complexity index is 1460. The molecule has 0 radical (unpaired) electrons. The van der Waals surface area contributed by atoms with Gasteiger partial charge in [0, 0.05) is 35.7 Å². The number of fused-ring (bicyclic) bond motifs is 2. The monoisotopic (exact) mass is 634 g/mol. The van der Waals surface area contributed by atoms with Crippen molar-refractivity contribution in [3.05, 3.63) is 65.2 Å². The number of amides is 2. The molecule has 6 rings (SSSR count). The molecule has 7 atom stereocenters. The predicted molar refractivity (Wildman–Crippen MR) is 177 cm³/mol. The predicted octanol–water partition coefficient (Wildman–Crippen LogP) is 3.23. The molecule has 3 aliphatic carbocycles. The highest BCUT2D eigenvalue weighted by molar-refractivity contribution is 5.95. The number of aliphatic hydroxyl groups excluding tert-OH is 2. The quantitative estimate of drug-likeness (QED) is 0.263. The number of nitrogens with one attached hydrogen (secondary N) is 2. The molecule has 0 unspecified atom stereocenters. The van der Waals surface area contributed by atoms with Crippen molar-refractivity contribution < 1.29 is 29.4 Å². The van der Waals surface area contributed by atoms with E-state index in [9.17, 15) is 19.8 Å². The van der Waals surface area contributed by atoms with Crippen molar-refractivity contribution in [1.29, 1.82) is 0 Å². The van der Waals surface area contributed by atoms with Gasteiger partial charge >= 0.3 is 0 Å². The van der Waals surface area contributed by atoms with Crippen LogP contribution < -0.4 is 15.4 Å². The van der Waals surface area contributed by atoms with Crippen LogP contribution in [0.5, 0.6) is 5.75 Å². The molecule has 0 spiro atoms. The molecule has 4 aliphatic rings. The number of carbonyl (C=O) groups excluding carboxylic acids is 2. The highest BCUT2D eigenvalue weighted by Crippen LogP contribution is 2.58. The van der Waals surface area contributed by atoms with Crippen molar-refractivity contribution >= 4 is 11.8 Å². The largest absolute Gasteiger partial charge is 0.496 e. The summed E-state index contributed by atoms with van der Waals surface area (Å²) in [5.74, 6) is 0.331. The first-order valence-corrected chi connectivity index (χ1v) is 16.3. The third kappa shape index (κ3) is 6.59. The van der Waals surface area contributed by atoms with Crippen LogP contribution in [0.1, 0.15) is 50.0 Å². The molecule has 2 aromatic carbocycles. The Morgan fingerprint density at radius 3 is 2.57 bits per heavy atom. The van der Waals surface area contributed by atoms with Gasteiger partial charge in [0.05, 0.1) is 32.4 Å². The van der Waals surface area contributed by atoms with E-state index in [0.717, 1.165) is 29.7 Å². The lowest BCUT2D eigenvalue weighted by Gasteiger charge is -2.56. The number of nitrogens with zero attached hydrogens (tertiary/aromatic N) is 2. The molecule has 1 heterocycles. The van der Waals surface area contributed by atoms with Crippen LogP contribution in [0.15, 0.2) is 54.1 Å². The van der Waals surface area contributed by atoms with Gasteiger partial charge in [0.2, 0.25) is 5.91 Å². The third-order valence-corrected chi connectivity index (χ3v) is 10.4. The molecule has 46 heavy (non-hydrogen) atoms. The van der Waals surface area contributed by atoms with Gasteiger partial charge in [-0.25, -0.2) is 0 Å². The summed E-state index contributed by atoms with van der Waals surface area (Å²) in [6, 6.07) is 12.2. The molecule has 10 nitrogen and oxygen atoms in total. The zero-order chi connectivity index (χ0) is 33.3. The first kappa shape index (κ1) is 34.1. The minimum atomic E-state index is -0.896. The number of likely N-dealkylation sites (N-methyl/N-ethyl adjacent to an activating group) is 1. The molecule has 250 valence electrons. The van der Waals surface area contributed by atoms with Gasteiger partial charge in [-0.15, -0.1) is 0 Å². The number of aliphatic hydroxyl groups is 2. The van der Waals surface area contributed by atoms with Gasteiger partial charge in [-0.3, -0.25) is 14.4 Å². The van der Waals surface area contributed by atoms with Crippen molar-refractivity contribution in [1.82, 2.24) is 20.6 Å². The molecule has 4 N–H and O–H groups in total. The highest BCUT2D eigenvalue weighted by Gasteiger charge is 2.53. The fourth-order valence-corrected chi connectivity index (χ4v) is 7.57. The first-order chi connectivity index (χ1) is 21.9. The molecular weight excluding hydrogens is 584 g/mol. The summed E-state index contributed by atoms with van der Waals surface area (Å²) in [5, 5.41) is 28.8. The summed E-state index contributed by atoms with van der Waals surface area (Å²) >= 11 is 0. The number of benzene rings is 2. The van der Waals surface area contributed by atoms with Gasteiger partial charge in [-0.1, -0.05) is 62.8 Å². The van der Waals surface area contributed by atoms with Crippen molar-refractivity contribution in [2.75, 3.05) is 40.9 Å². The fourth-order valence-electron chi connectivity index (χ4n) is 7.57. The Hall–Kier alpha value is -3.28. The molecule has 1 saturated heterocycles. The number of carbonyl (C=O) groups is 2. The molecule has 10 heteroatoms. The van der Waals surface area contributed by atoms with Crippen molar-refractivity contribution in [3.8, 4) is 16.9 Å². The second kappa shape index (κ2) is 13.8. The van der Waals surface area contributed by atoms with Crippen molar-refractivity contribution in [2.24, 2.45) is 23.2 Å². The van der Waals surface area contributed by atoms with E-state index < -0.39 is 24.2 Å². The van der Waals surface area contributed by atoms with E-state index in [-0.39, 0.29) is 42.3 Å². The molecular formula is C36H50N4O6. The minimum absolute atomic E-state index is 0.107. The number of rotatable bonds is 12. The van der Waals surface area contributed by atoms with E-state index in [2.05, 4.69) is 37.5 Å². The summed E-state index contributed by atoms with van der Waals surface area (Å²) in [5.41, 5.74) is 4.44. The summed E-state index contributed by atoms with van der Waals surface area (Å²) < 4.78 is 5.93. The average molecular weight is 635 g/mol. The van der Waals surface area contributed by atoms with Crippen LogP contribution in [0, 0.1) is 23.2 Å². The maximum Gasteiger partial charge on any atom is 0.251 e. The number of hydrogen-bond acceptors (Lipinski definition) is 8. The standard InChI is InChI=1S/C36H50N4O6/c1-21-28-17-26(36(28,3)4)18-29(21)38-35(44)32-31(22(2)42)30(20-41)46-40(32)19-25-12-9-13-27(33(25)45-7)23-10-8-11-24(16-23)34(43)37-14-15-39(5)6/h8-13,16,18,21-22,28-32,41-42H,14-15,17,19-20H2,1-7H3,(H,37,43)(H,38,44)/t21-,22-,28-,29-,30-,31-,32-/m0/s1. The van der Waals surface area contributed by atoms with Crippen molar-refractivity contribution in [2.45, 2.75) is 65.0 Å². The Morgan fingerprint density at radius 2 is 1.93 bits per heavy atom. The Labute approximate surface area is 272 Å². The van der Waals surface area contributed by atoms with Gasteiger partial charge < -0.3 is 30.5 Å². The number of hydrogen-bond donors (Lipinski definition) is 4. The topological polar surface area (TPSA) is 124 Å². The Morgan fingerprint density at radius 1 is 1.20 bits per heavy atom. The van der Waals surface area contributed by atoms with Crippen LogP contribution >= 0.6 is 0 Å². The highest BCUT2D eigenvalue weighted by atomic mass is 16.7. The van der Waals surface area contributed by atoms with E-state index in [4.69, 9.17) is 9.57 Å². The SMILES string of the molecule is COc1c(CN2O[C@@H](CO)[C@H]([C@H](C)O)[C@H]2C(=O)N[C@H]2C=C3C[C@@H]([C@@H]2C)C3(C)C)cccc1-c1cccc(C(=O)NCCN(C)C)c1. The molecule has 1 aliphatic heterocycles. The molecule has 2 amide bonds. The maximum absolute atomic E-state index is 14.0. The zero-order valence-corrected chi connectivity index (χ0v) is 28.1. The fraction of sp³-hybridized carbons (Fsp3) is 0.556. The molecule has 2 aromatic rings. The zero-order valence-electron chi connectivity index (χ0n) is 28.1. The van der Waals surface area contributed by atoms with E-state index in [0.29, 0.717) is 23.8 Å². The summed E-state index contributed by atoms with van der Waals surface area (Å²) in [7, 11) is 5.51. The lowest BCUT2D eigenvalue weighted by Crippen LogP contribution is -2.57. The number of hydroxylamine groups is 2. The number of ether oxygens (including phenoxy) is 1. The smallest absolute Gasteiger partial charge is 0.251 e. The molecule has 2 fully saturated rings. The molecule has 0 aromatic heterocycles. The third-order valence-electron chi connectivity index (χ3n) is 10.4. The van der Waals surface area contributed by atoms with Crippen LogP contribution in [0.25, 0.3) is 11.1 Å². The van der Waals surface area contributed by atoms with Gasteiger partial charge in [0.25, 0.3) is 5.91 Å². The van der Waals surface area contributed by atoms with Crippen LogP contribution in [0.2, 0.25) is 0 Å². The maximum atomic E-state index is 14.0. The van der Waals surface area contributed by atoms with E-state index in [1.54, 1.807) is 25.2 Å². The summed E-state index contributed by atoms with van der Waals surface area (Å²) in [4.78, 5) is 35.1. The number of para-hydroxylation sites is 1. The summed E-state index contributed by atoms with van der Waals surface area (Å²) in [6.45, 7) is 9.47. The van der Waals surface area contributed by atoms with Crippen molar-refractivity contribution in [3.63, 3.8) is 0 Å². The Kier molecular flexibility index (Phi) is 10.2. The summed E-state index contributed by atoms with van der Waals surface area (Å²) in [6.07, 6.45) is 1.63. The lowest BCUT2D eigenvalue weighted by molar-refractivity contribution is -0.182. The normalized spacial score (nSPS) is 27.5. The van der Waals surface area contributed by atoms with Gasteiger partial charge in [-0.05, 0) is 62.4 Å². The van der Waals surface area contributed by atoms with E-state index in [1.165, 1.54) is 5.57 Å². The van der Waals surface area contributed by atoms with Crippen LogP contribution in [-0.4, -0.2) is 97.2 Å². The van der Waals surface area contributed by atoms with Gasteiger partial charge in [0.1, 0.15) is 17.9 Å². The molecule has 2 bridgehead atoms. The minimum Gasteiger partial charge on any atom is -0.496 e. The van der Waals surface area contributed by atoms with E-state index >= 15 is 0 Å². The van der Waals surface area contributed by atoms with Crippen LogP contribution in [0.4, 0.5) is 0 Å². The van der Waals surface area contributed by atoms with Crippen LogP contribution in [0.3, 0.4) is 0 Å². The second-order valence-electron chi connectivity index (χ2n) is 13.9. The first-order valence-electron chi connectivity index (χ1n) is 16.3. The average Bonchev–Trinajstić information content (AvgIpc) is 3.40. The lowest BCUT2D eigenvalue weighted by atomic mass is 9.50. The number of methoxy groups -OCH3 is 1. The van der Waals surface area contributed by atoms with Crippen LogP contribution in [-0.2, 0) is 16.2 Å². The Balaban J connectivity index is 1.40. The number of allylic oxidation sites excluding steroid dienone is 1. The molecule has 1 saturated carbocycles. The van der Waals surface area contributed by atoms with E-state index in [1.807, 2.05) is 55.4 Å². The van der Waals surface area contributed by atoms with Gasteiger partial charge in [-0.2, -0.15) is 5.06 Å². The second-order valence-corrected chi connectivity index (χ2v) is 13.9. The van der Waals surface area contributed by atoms with Gasteiger partial charge in [0.15, 0.2) is 0 Å².